The minimum atomic E-state index is -0.315. The summed E-state index contributed by atoms with van der Waals surface area (Å²) < 4.78 is 5.24. The van der Waals surface area contributed by atoms with Gasteiger partial charge in [0, 0.05) is 19.6 Å². The fraction of sp³-hybridized carbons (Fsp3) is 0.556. The van der Waals surface area contributed by atoms with E-state index in [0.29, 0.717) is 19.6 Å². The molecule has 2 amide bonds. The Morgan fingerprint density at radius 2 is 2.21 bits per heavy atom. The van der Waals surface area contributed by atoms with Crippen molar-refractivity contribution in [3.63, 3.8) is 0 Å². The molecule has 6 heteroatoms. The Kier molecular flexibility index (Phi) is 6.20. The molecular formula is C18H27N3O3. The first-order valence-corrected chi connectivity index (χ1v) is 8.33. The summed E-state index contributed by atoms with van der Waals surface area (Å²) in [5, 5.41) is 0. The van der Waals surface area contributed by atoms with Crippen LogP contribution < -0.4 is 10.5 Å². The monoisotopic (exact) mass is 333 g/mol. The number of amides is 2. The molecule has 0 saturated carbocycles. The largest absolute Gasteiger partial charge is 0.497 e. The number of hydrogen-bond acceptors (Lipinski definition) is 4. The van der Waals surface area contributed by atoms with E-state index in [0.717, 1.165) is 24.2 Å². The van der Waals surface area contributed by atoms with Gasteiger partial charge in [-0.15, -0.1) is 0 Å². The summed E-state index contributed by atoms with van der Waals surface area (Å²) in [5.41, 5.74) is 6.48. The quantitative estimate of drug-likeness (QED) is 0.850. The summed E-state index contributed by atoms with van der Waals surface area (Å²) >= 11 is 0. The zero-order valence-corrected chi connectivity index (χ0v) is 14.7. The maximum Gasteiger partial charge on any atom is 0.239 e. The minimum Gasteiger partial charge on any atom is -0.497 e. The molecule has 1 aliphatic heterocycles. The number of piperidine rings is 1. The van der Waals surface area contributed by atoms with Crippen LogP contribution in [0.15, 0.2) is 24.3 Å². The van der Waals surface area contributed by atoms with E-state index in [1.54, 1.807) is 12.0 Å². The Morgan fingerprint density at radius 3 is 2.88 bits per heavy atom. The van der Waals surface area contributed by atoms with E-state index in [1.807, 2.05) is 43.1 Å². The van der Waals surface area contributed by atoms with Gasteiger partial charge >= 0.3 is 0 Å². The molecule has 1 aromatic rings. The summed E-state index contributed by atoms with van der Waals surface area (Å²) in [6.45, 7) is 3.68. The molecule has 0 aromatic heterocycles. The minimum absolute atomic E-state index is 0.0475. The third-order valence-electron chi connectivity index (χ3n) is 4.72. The standard InChI is InChI=1S/C18H27N3O3/c1-13(18(23)21-9-5-7-15(12-21)17(19)22)20(2)11-14-6-4-8-16(10-14)24-3/h4,6,8,10,13,15H,5,7,9,11-12H2,1-3H3,(H2,19,22). The number of likely N-dealkylation sites (tertiary alicyclic amines) is 1. The Labute approximate surface area is 143 Å². The van der Waals surface area contributed by atoms with Gasteiger partial charge in [0.05, 0.1) is 19.1 Å². The lowest BCUT2D eigenvalue weighted by Gasteiger charge is -2.35. The molecule has 1 saturated heterocycles. The van der Waals surface area contributed by atoms with Crippen molar-refractivity contribution in [2.45, 2.75) is 32.4 Å². The molecule has 2 rings (SSSR count). The highest BCUT2D eigenvalue weighted by molar-refractivity contribution is 5.83. The lowest BCUT2D eigenvalue weighted by Crippen LogP contribution is -2.50. The summed E-state index contributed by atoms with van der Waals surface area (Å²) in [4.78, 5) is 27.9. The molecule has 1 heterocycles. The molecule has 1 aromatic carbocycles. The van der Waals surface area contributed by atoms with E-state index in [2.05, 4.69) is 0 Å². The maximum atomic E-state index is 12.7. The molecular weight excluding hydrogens is 306 g/mol. The highest BCUT2D eigenvalue weighted by atomic mass is 16.5. The van der Waals surface area contributed by atoms with Crippen LogP contribution in [0.25, 0.3) is 0 Å². The van der Waals surface area contributed by atoms with Gasteiger partial charge in [0.25, 0.3) is 0 Å². The van der Waals surface area contributed by atoms with E-state index in [4.69, 9.17) is 10.5 Å². The first-order chi connectivity index (χ1) is 11.4. The van der Waals surface area contributed by atoms with Gasteiger partial charge < -0.3 is 15.4 Å². The lowest BCUT2D eigenvalue weighted by molar-refractivity contribution is -0.139. The molecule has 0 bridgehead atoms. The highest BCUT2D eigenvalue weighted by Crippen LogP contribution is 2.19. The summed E-state index contributed by atoms with van der Waals surface area (Å²) in [7, 11) is 3.57. The first kappa shape index (κ1) is 18.3. The van der Waals surface area contributed by atoms with Gasteiger partial charge in [-0.05, 0) is 44.5 Å². The van der Waals surface area contributed by atoms with Gasteiger partial charge in [-0.2, -0.15) is 0 Å². The van der Waals surface area contributed by atoms with Crippen molar-refractivity contribution >= 4 is 11.8 Å². The van der Waals surface area contributed by atoms with Crippen molar-refractivity contribution in [3.05, 3.63) is 29.8 Å². The van der Waals surface area contributed by atoms with Crippen LogP contribution in [0.4, 0.5) is 0 Å². The normalized spacial score (nSPS) is 19.2. The molecule has 0 spiro atoms. The van der Waals surface area contributed by atoms with E-state index < -0.39 is 0 Å². The Hall–Kier alpha value is -2.08. The van der Waals surface area contributed by atoms with Gasteiger partial charge in [0.1, 0.15) is 5.75 Å². The topological polar surface area (TPSA) is 75.9 Å². The van der Waals surface area contributed by atoms with E-state index in [-0.39, 0.29) is 23.8 Å². The molecule has 1 aliphatic rings. The zero-order valence-electron chi connectivity index (χ0n) is 14.7. The molecule has 1 fully saturated rings. The summed E-state index contributed by atoms with van der Waals surface area (Å²) in [6.07, 6.45) is 1.60. The van der Waals surface area contributed by atoms with Gasteiger partial charge in [-0.3, -0.25) is 14.5 Å². The second kappa shape index (κ2) is 8.15. The number of ether oxygens (including phenoxy) is 1. The number of nitrogens with two attached hydrogens (primary N) is 1. The van der Waals surface area contributed by atoms with Crippen molar-refractivity contribution in [3.8, 4) is 5.75 Å². The molecule has 132 valence electrons. The number of nitrogens with zero attached hydrogens (tertiary/aromatic N) is 2. The smallest absolute Gasteiger partial charge is 0.239 e. The SMILES string of the molecule is COc1cccc(CN(C)C(C)C(=O)N2CCCC(C(N)=O)C2)c1. The van der Waals surface area contributed by atoms with E-state index in [1.165, 1.54) is 0 Å². The fourth-order valence-electron chi connectivity index (χ4n) is 3.06. The Balaban J connectivity index is 1.97. The average Bonchev–Trinajstić information content (AvgIpc) is 2.60. The van der Waals surface area contributed by atoms with Crippen molar-refractivity contribution in [1.82, 2.24) is 9.80 Å². The van der Waals surface area contributed by atoms with E-state index in [9.17, 15) is 9.59 Å². The van der Waals surface area contributed by atoms with Crippen LogP contribution in [0.5, 0.6) is 5.75 Å². The van der Waals surface area contributed by atoms with Crippen molar-refractivity contribution in [2.75, 3.05) is 27.2 Å². The molecule has 2 unspecified atom stereocenters. The zero-order chi connectivity index (χ0) is 17.7. The average molecular weight is 333 g/mol. The number of carbonyl (C=O) groups excluding carboxylic acids is 2. The number of carbonyl (C=O) groups is 2. The fourth-order valence-corrected chi connectivity index (χ4v) is 3.06. The predicted molar refractivity (Wildman–Crippen MR) is 92.4 cm³/mol. The van der Waals surface area contributed by atoms with Gasteiger partial charge in [-0.25, -0.2) is 0 Å². The van der Waals surface area contributed by atoms with Crippen LogP contribution >= 0.6 is 0 Å². The summed E-state index contributed by atoms with van der Waals surface area (Å²) in [5.74, 6) is 0.315. The Morgan fingerprint density at radius 1 is 1.46 bits per heavy atom. The van der Waals surface area contributed by atoms with Crippen LogP contribution in [0.2, 0.25) is 0 Å². The third kappa shape index (κ3) is 4.47. The van der Waals surface area contributed by atoms with Crippen LogP contribution in [-0.4, -0.2) is 54.9 Å². The number of methoxy groups -OCH3 is 1. The summed E-state index contributed by atoms with van der Waals surface area (Å²) in [6, 6.07) is 7.56. The Bertz CT molecular complexity index is 591. The number of primary amides is 1. The molecule has 0 aliphatic carbocycles. The van der Waals surface area contributed by atoms with Gasteiger partial charge in [0.2, 0.25) is 11.8 Å². The van der Waals surface area contributed by atoms with Crippen LogP contribution in [-0.2, 0) is 16.1 Å². The van der Waals surface area contributed by atoms with Crippen LogP contribution in [0, 0.1) is 5.92 Å². The number of rotatable bonds is 6. The van der Waals surface area contributed by atoms with E-state index >= 15 is 0 Å². The third-order valence-corrected chi connectivity index (χ3v) is 4.72. The maximum absolute atomic E-state index is 12.7. The van der Waals surface area contributed by atoms with Gasteiger partial charge in [-0.1, -0.05) is 12.1 Å². The molecule has 0 radical (unpaired) electrons. The van der Waals surface area contributed by atoms with Crippen molar-refractivity contribution in [2.24, 2.45) is 11.7 Å². The highest BCUT2D eigenvalue weighted by Gasteiger charge is 2.30. The number of hydrogen-bond donors (Lipinski definition) is 1. The molecule has 2 atom stereocenters. The first-order valence-electron chi connectivity index (χ1n) is 8.33. The second-order valence-corrected chi connectivity index (χ2v) is 6.47. The van der Waals surface area contributed by atoms with Crippen LogP contribution in [0.1, 0.15) is 25.3 Å². The van der Waals surface area contributed by atoms with Crippen molar-refractivity contribution in [1.29, 1.82) is 0 Å². The van der Waals surface area contributed by atoms with Gasteiger partial charge in [0.15, 0.2) is 0 Å². The molecule has 24 heavy (non-hydrogen) atoms. The predicted octanol–water partition coefficient (Wildman–Crippen LogP) is 1.24. The molecule has 6 nitrogen and oxygen atoms in total. The second-order valence-electron chi connectivity index (χ2n) is 6.47. The van der Waals surface area contributed by atoms with Crippen molar-refractivity contribution < 1.29 is 14.3 Å². The lowest BCUT2D eigenvalue weighted by atomic mass is 9.97. The number of likely N-dealkylation sites (N-methyl/N-ethyl adjacent to an activating group) is 1. The molecule has 2 N–H and O–H groups in total. The number of benzene rings is 1. The van der Waals surface area contributed by atoms with Crippen LogP contribution in [0.3, 0.4) is 0 Å².